The number of aryl methyl sites for hydroxylation is 1. The fraction of sp³-hybridized carbons (Fsp3) is 0.389. The average molecular weight is 284 g/mol. The van der Waals surface area contributed by atoms with Gasteiger partial charge >= 0.3 is 0 Å². The second-order valence-electron chi connectivity index (χ2n) is 5.47. The first-order valence-corrected chi connectivity index (χ1v) is 7.60. The van der Waals surface area contributed by atoms with Gasteiger partial charge in [-0.2, -0.15) is 0 Å². The second kappa shape index (κ2) is 7.91. The Morgan fingerprint density at radius 3 is 2.52 bits per heavy atom. The van der Waals surface area contributed by atoms with Crippen LogP contribution in [-0.2, 0) is 13.0 Å². The number of hydrogen-bond acceptors (Lipinski definition) is 3. The van der Waals surface area contributed by atoms with Crippen LogP contribution in [0.2, 0.25) is 0 Å². The Bertz CT molecular complexity index is 525. The molecule has 0 bridgehead atoms. The minimum absolute atomic E-state index is 0.0118. The highest BCUT2D eigenvalue weighted by Crippen LogP contribution is 2.18. The zero-order valence-corrected chi connectivity index (χ0v) is 12.8. The molecule has 21 heavy (non-hydrogen) atoms. The van der Waals surface area contributed by atoms with Gasteiger partial charge < -0.3 is 10.4 Å². The number of hydrogen-bond donors (Lipinski definition) is 2. The van der Waals surface area contributed by atoms with E-state index in [1.54, 1.807) is 6.20 Å². The summed E-state index contributed by atoms with van der Waals surface area (Å²) >= 11 is 0. The van der Waals surface area contributed by atoms with Gasteiger partial charge in [-0.25, -0.2) is 0 Å². The van der Waals surface area contributed by atoms with Crippen LogP contribution in [0.15, 0.2) is 48.8 Å². The molecule has 0 radical (unpaired) electrons. The molecular formula is C18H24N2O. The Balaban J connectivity index is 1.90. The fourth-order valence-corrected chi connectivity index (χ4v) is 2.35. The normalized spacial score (nSPS) is 13.9. The Hall–Kier alpha value is -1.71. The van der Waals surface area contributed by atoms with Crippen molar-refractivity contribution in [1.82, 2.24) is 10.3 Å². The molecule has 0 saturated carbocycles. The lowest BCUT2D eigenvalue weighted by molar-refractivity contribution is 0.135. The number of nitrogens with one attached hydrogen (secondary N) is 1. The topological polar surface area (TPSA) is 45.1 Å². The van der Waals surface area contributed by atoms with E-state index in [9.17, 15) is 5.11 Å². The largest absolute Gasteiger partial charge is 0.387 e. The van der Waals surface area contributed by atoms with Gasteiger partial charge in [-0.15, -0.1) is 0 Å². The zero-order chi connectivity index (χ0) is 15.1. The van der Waals surface area contributed by atoms with E-state index in [1.165, 1.54) is 5.56 Å². The molecule has 2 rings (SSSR count). The Kier molecular flexibility index (Phi) is 5.90. The van der Waals surface area contributed by atoms with E-state index < -0.39 is 6.10 Å². The molecule has 3 nitrogen and oxygen atoms in total. The van der Waals surface area contributed by atoms with Gasteiger partial charge in [0.25, 0.3) is 0 Å². The molecule has 2 unspecified atom stereocenters. The van der Waals surface area contributed by atoms with Crippen LogP contribution < -0.4 is 5.32 Å². The quantitative estimate of drug-likeness (QED) is 0.820. The highest BCUT2D eigenvalue weighted by Gasteiger charge is 2.15. The van der Waals surface area contributed by atoms with Crippen LogP contribution in [0.1, 0.15) is 43.1 Å². The molecule has 0 aliphatic rings. The number of aliphatic hydroxyl groups excluding tert-OH is 1. The van der Waals surface area contributed by atoms with Gasteiger partial charge in [0.2, 0.25) is 0 Å². The van der Waals surface area contributed by atoms with E-state index in [-0.39, 0.29) is 6.04 Å². The van der Waals surface area contributed by atoms with Crippen molar-refractivity contribution < 1.29 is 5.11 Å². The standard InChI is InChI=1S/C18H24N2O/c1-3-5-15-7-9-17(10-8-15)18(21)14(2)20-13-16-6-4-11-19-12-16/h4,6-12,14,18,20-21H,3,5,13H2,1-2H3. The van der Waals surface area contributed by atoms with Gasteiger partial charge in [0.15, 0.2) is 0 Å². The molecule has 2 aromatic rings. The van der Waals surface area contributed by atoms with Crippen molar-refractivity contribution in [2.24, 2.45) is 0 Å². The lowest BCUT2D eigenvalue weighted by atomic mass is 10.0. The first-order valence-electron chi connectivity index (χ1n) is 7.60. The highest BCUT2D eigenvalue weighted by molar-refractivity contribution is 5.25. The molecule has 112 valence electrons. The van der Waals surface area contributed by atoms with Gasteiger partial charge in [-0.3, -0.25) is 4.98 Å². The van der Waals surface area contributed by atoms with Crippen LogP contribution >= 0.6 is 0 Å². The van der Waals surface area contributed by atoms with Crippen molar-refractivity contribution in [1.29, 1.82) is 0 Å². The number of aliphatic hydroxyl groups is 1. The summed E-state index contributed by atoms with van der Waals surface area (Å²) in [6, 6.07) is 12.2. The van der Waals surface area contributed by atoms with Crippen molar-refractivity contribution in [3.8, 4) is 0 Å². The van der Waals surface area contributed by atoms with E-state index in [0.29, 0.717) is 6.54 Å². The van der Waals surface area contributed by atoms with Crippen LogP contribution in [0.5, 0.6) is 0 Å². The van der Waals surface area contributed by atoms with Crippen LogP contribution in [0, 0.1) is 0 Å². The summed E-state index contributed by atoms with van der Waals surface area (Å²) in [7, 11) is 0. The van der Waals surface area contributed by atoms with E-state index in [4.69, 9.17) is 0 Å². The summed E-state index contributed by atoms with van der Waals surface area (Å²) in [5.74, 6) is 0. The number of rotatable bonds is 7. The molecule has 2 N–H and O–H groups in total. The summed E-state index contributed by atoms with van der Waals surface area (Å²) in [6.07, 6.45) is 5.33. The number of benzene rings is 1. The van der Waals surface area contributed by atoms with Crippen LogP contribution in [0.25, 0.3) is 0 Å². The Morgan fingerprint density at radius 1 is 1.14 bits per heavy atom. The van der Waals surface area contributed by atoms with Gasteiger partial charge in [0.1, 0.15) is 0 Å². The third-order valence-electron chi connectivity index (χ3n) is 3.68. The molecule has 3 heteroatoms. The van der Waals surface area contributed by atoms with E-state index in [0.717, 1.165) is 24.0 Å². The molecule has 1 aromatic heterocycles. The SMILES string of the molecule is CCCc1ccc(C(O)C(C)NCc2cccnc2)cc1. The molecular weight excluding hydrogens is 260 g/mol. The van der Waals surface area contributed by atoms with E-state index in [1.807, 2.05) is 37.4 Å². The first-order chi connectivity index (χ1) is 10.2. The number of pyridine rings is 1. The van der Waals surface area contributed by atoms with Crippen LogP contribution in [-0.4, -0.2) is 16.1 Å². The molecule has 0 aliphatic carbocycles. The zero-order valence-electron chi connectivity index (χ0n) is 12.8. The highest BCUT2D eigenvalue weighted by atomic mass is 16.3. The van der Waals surface area contributed by atoms with E-state index in [2.05, 4.69) is 29.4 Å². The summed E-state index contributed by atoms with van der Waals surface area (Å²) in [5.41, 5.74) is 3.40. The van der Waals surface area contributed by atoms with Gasteiger partial charge in [0.05, 0.1) is 6.10 Å². The second-order valence-corrected chi connectivity index (χ2v) is 5.47. The lowest BCUT2D eigenvalue weighted by Crippen LogP contribution is -2.31. The lowest BCUT2D eigenvalue weighted by Gasteiger charge is -2.21. The van der Waals surface area contributed by atoms with E-state index >= 15 is 0 Å². The maximum absolute atomic E-state index is 10.4. The molecule has 0 amide bonds. The summed E-state index contributed by atoms with van der Waals surface area (Å²) < 4.78 is 0. The van der Waals surface area contributed by atoms with Crippen molar-refractivity contribution in [2.45, 2.75) is 45.4 Å². The Labute approximate surface area is 127 Å². The van der Waals surface area contributed by atoms with Crippen LogP contribution in [0.3, 0.4) is 0 Å². The summed E-state index contributed by atoms with van der Waals surface area (Å²) in [4.78, 5) is 4.09. The van der Waals surface area contributed by atoms with Gasteiger partial charge in [-0.05, 0) is 36.1 Å². The predicted octanol–water partition coefficient (Wildman–Crippen LogP) is 3.25. The van der Waals surface area contributed by atoms with Gasteiger partial charge in [-0.1, -0.05) is 43.7 Å². The van der Waals surface area contributed by atoms with Crippen molar-refractivity contribution in [2.75, 3.05) is 0 Å². The molecule has 1 aromatic carbocycles. The minimum atomic E-state index is -0.502. The van der Waals surface area contributed by atoms with Gasteiger partial charge in [0, 0.05) is 25.0 Å². The Morgan fingerprint density at radius 2 is 1.90 bits per heavy atom. The predicted molar refractivity (Wildman–Crippen MR) is 85.9 cm³/mol. The first kappa shape index (κ1) is 15.7. The number of nitrogens with zero attached hydrogens (tertiary/aromatic N) is 1. The molecule has 0 fully saturated rings. The third-order valence-corrected chi connectivity index (χ3v) is 3.68. The summed E-state index contributed by atoms with van der Waals surface area (Å²) in [6.45, 7) is 4.88. The third kappa shape index (κ3) is 4.66. The average Bonchev–Trinajstić information content (AvgIpc) is 2.54. The minimum Gasteiger partial charge on any atom is -0.387 e. The van der Waals surface area contributed by atoms with Crippen molar-refractivity contribution >= 4 is 0 Å². The van der Waals surface area contributed by atoms with Crippen molar-refractivity contribution in [3.05, 3.63) is 65.5 Å². The molecule has 2 atom stereocenters. The molecule has 0 saturated heterocycles. The molecule has 0 spiro atoms. The van der Waals surface area contributed by atoms with Crippen LogP contribution in [0.4, 0.5) is 0 Å². The smallest absolute Gasteiger partial charge is 0.0940 e. The fourth-order valence-electron chi connectivity index (χ4n) is 2.35. The molecule has 0 aliphatic heterocycles. The maximum Gasteiger partial charge on any atom is 0.0940 e. The van der Waals surface area contributed by atoms with Crippen molar-refractivity contribution in [3.63, 3.8) is 0 Å². The maximum atomic E-state index is 10.4. The number of aromatic nitrogens is 1. The monoisotopic (exact) mass is 284 g/mol. The molecule has 1 heterocycles. The summed E-state index contributed by atoms with van der Waals surface area (Å²) in [5, 5.41) is 13.8.